The monoisotopic (exact) mass is 202 g/mol. The summed E-state index contributed by atoms with van der Waals surface area (Å²) in [4.78, 5) is 12.2. The highest BCUT2D eigenvalue weighted by atomic mass is 16.5. The fourth-order valence-electron chi connectivity index (χ4n) is 2.67. The molecule has 2 aliphatic rings. The van der Waals surface area contributed by atoms with Gasteiger partial charge in [-0.2, -0.15) is 0 Å². The molecule has 1 saturated carbocycles. The number of hydrogen-bond donors (Lipinski definition) is 0. The van der Waals surface area contributed by atoms with Crippen LogP contribution in [0.15, 0.2) is 24.3 Å². The summed E-state index contributed by atoms with van der Waals surface area (Å²) in [6.07, 6.45) is 4.53. The zero-order valence-corrected chi connectivity index (χ0v) is 8.61. The van der Waals surface area contributed by atoms with Crippen LogP contribution < -0.4 is 4.74 Å². The highest BCUT2D eigenvalue weighted by Crippen LogP contribution is 2.37. The summed E-state index contributed by atoms with van der Waals surface area (Å²) in [6.45, 7) is 0. The Labute approximate surface area is 89.2 Å². The number of fused-ring (bicyclic) bond motifs is 2. The van der Waals surface area contributed by atoms with Crippen molar-refractivity contribution < 1.29 is 9.53 Å². The second-order valence-corrected chi connectivity index (χ2v) is 4.41. The molecule has 0 aromatic heterocycles. The standard InChI is InChI=1S/C13H14O2/c14-13-9-5-1-3-7-11(9)15-12-8-4-2-6-10(12)13/h1,3,5,7,10,12H,2,4,6,8H2/t10-,12+/m0/s1. The van der Waals surface area contributed by atoms with Gasteiger partial charge in [-0.25, -0.2) is 0 Å². The molecular weight excluding hydrogens is 188 g/mol. The van der Waals surface area contributed by atoms with Crippen LogP contribution in [0.2, 0.25) is 0 Å². The van der Waals surface area contributed by atoms with Crippen LogP contribution in [0, 0.1) is 5.92 Å². The molecule has 0 N–H and O–H groups in total. The van der Waals surface area contributed by atoms with E-state index in [0.29, 0.717) is 5.78 Å². The Kier molecular flexibility index (Phi) is 2.01. The predicted molar refractivity (Wildman–Crippen MR) is 57.1 cm³/mol. The first-order chi connectivity index (χ1) is 7.36. The minimum absolute atomic E-state index is 0.119. The summed E-state index contributed by atoms with van der Waals surface area (Å²) in [6, 6.07) is 7.61. The Hall–Kier alpha value is -1.31. The molecular formula is C13H14O2. The quantitative estimate of drug-likeness (QED) is 0.646. The first kappa shape index (κ1) is 8.96. The summed E-state index contributed by atoms with van der Waals surface area (Å²) in [5, 5.41) is 0. The van der Waals surface area contributed by atoms with Crippen molar-refractivity contribution >= 4 is 5.78 Å². The number of hydrogen-bond acceptors (Lipinski definition) is 2. The van der Waals surface area contributed by atoms with E-state index in [2.05, 4.69) is 0 Å². The summed E-state index contributed by atoms with van der Waals surface area (Å²) in [5.74, 6) is 1.20. The molecule has 0 saturated heterocycles. The minimum atomic E-state index is 0.119. The molecule has 3 rings (SSSR count). The molecule has 2 atom stereocenters. The predicted octanol–water partition coefficient (Wildman–Crippen LogP) is 2.82. The Morgan fingerprint density at radius 3 is 2.87 bits per heavy atom. The molecule has 15 heavy (non-hydrogen) atoms. The highest BCUT2D eigenvalue weighted by molar-refractivity contribution is 6.01. The lowest BCUT2D eigenvalue weighted by molar-refractivity contribution is 0.0525. The first-order valence-corrected chi connectivity index (χ1v) is 5.66. The van der Waals surface area contributed by atoms with Gasteiger partial charge in [0, 0.05) is 0 Å². The molecule has 1 heterocycles. The van der Waals surface area contributed by atoms with E-state index in [1.165, 1.54) is 12.8 Å². The van der Waals surface area contributed by atoms with Gasteiger partial charge in [0.1, 0.15) is 11.9 Å². The Bertz CT molecular complexity index is 397. The molecule has 0 radical (unpaired) electrons. The van der Waals surface area contributed by atoms with Crippen LogP contribution in [0.5, 0.6) is 5.75 Å². The molecule has 1 aromatic rings. The molecule has 0 amide bonds. The summed E-state index contributed by atoms with van der Waals surface area (Å²) in [5.41, 5.74) is 0.778. The minimum Gasteiger partial charge on any atom is -0.489 e. The molecule has 0 spiro atoms. The van der Waals surface area contributed by atoms with Crippen LogP contribution in [0.4, 0.5) is 0 Å². The number of carbonyl (C=O) groups is 1. The van der Waals surface area contributed by atoms with Gasteiger partial charge in [0.2, 0.25) is 0 Å². The van der Waals surface area contributed by atoms with Gasteiger partial charge < -0.3 is 4.74 Å². The van der Waals surface area contributed by atoms with E-state index in [9.17, 15) is 4.79 Å². The normalized spacial score (nSPS) is 28.9. The molecule has 78 valence electrons. The lowest BCUT2D eigenvalue weighted by atomic mass is 9.79. The smallest absolute Gasteiger partial charge is 0.173 e. The number of benzene rings is 1. The van der Waals surface area contributed by atoms with Gasteiger partial charge in [0.25, 0.3) is 0 Å². The van der Waals surface area contributed by atoms with Crippen LogP contribution >= 0.6 is 0 Å². The van der Waals surface area contributed by atoms with E-state index in [4.69, 9.17) is 4.74 Å². The third-order valence-corrected chi connectivity index (χ3v) is 3.47. The lowest BCUT2D eigenvalue weighted by Crippen LogP contribution is -2.39. The first-order valence-electron chi connectivity index (χ1n) is 5.66. The third kappa shape index (κ3) is 1.36. The van der Waals surface area contributed by atoms with E-state index in [-0.39, 0.29) is 12.0 Å². The maximum atomic E-state index is 12.2. The van der Waals surface area contributed by atoms with Gasteiger partial charge in [0.05, 0.1) is 11.5 Å². The van der Waals surface area contributed by atoms with Crippen molar-refractivity contribution in [2.45, 2.75) is 31.8 Å². The molecule has 1 aromatic carbocycles. The van der Waals surface area contributed by atoms with Crippen LogP contribution in [0.3, 0.4) is 0 Å². The third-order valence-electron chi connectivity index (χ3n) is 3.47. The highest BCUT2D eigenvalue weighted by Gasteiger charge is 2.38. The van der Waals surface area contributed by atoms with Crippen LogP contribution in [0.1, 0.15) is 36.0 Å². The van der Waals surface area contributed by atoms with Gasteiger partial charge in [-0.15, -0.1) is 0 Å². The van der Waals surface area contributed by atoms with Crippen molar-refractivity contribution in [1.29, 1.82) is 0 Å². The molecule has 1 aliphatic heterocycles. The van der Waals surface area contributed by atoms with Crippen LogP contribution in [0.25, 0.3) is 0 Å². The SMILES string of the molecule is O=C1c2ccccc2O[C@@H]2CCCC[C@H]12. The van der Waals surface area contributed by atoms with Gasteiger partial charge >= 0.3 is 0 Å². The fourth-order valence-corrected chi connectivity index (χ4v) is 2.67. The largest absolute Gasteiger partial charge is 0.489 e. The number of rotatable bonds is 0. The Balaban J connectivity index is 2.02. The second kappa shape index (κ2) is 3.37. The van der Waals surface area contributed by atoms with Crippen molar-refractivity contribution in [2.24, 2.45) is 5.92 Å². The lowest BCUT2D eigenvalue weighted by Gasteiger charge is -2.35. The fraction of sp³-hybridized carbons (Fsp3) is 0.462. The van der Waals surface area contributed by atoms with Gasteiger partial charge in [-0.3, -0.25) is 4.79 Å². The number of ether oxygens (including phenoxy) is 1. The van der Waals surface area contributed by atoms with E-state index >= 15 is 0 Å². The van der Waals surface area contributed by atoms with E-state index in [1.807, 2.05) is 24.3 Å². The van der Waals surface area contributed by atoms with Gasteiger partial charge in [-0.05, 0) is 31.4 Å². The maximum Gasteiger partial charge on any atom is 0.173 e. The van der Waals surface area contributed by atoms with Crippen molar-refractivity contribution in [3.8, 4) is 5.75 Å². The van der Waals surface area contributed by atoms with Crippen molar-refractivity contribution in [1.82, 2.24) is 0 Å². The van der Waals surface area contributed by atoms with E-state index in [1.54, 1.807) is 0 Å². The van der Waals surface area contributed by atoms with Gasteiger partial charge in [-0.1, -0.05) is 18.6 Å². The summed E-state index contributed by atoms with van der Waals surface area (Å²) >= 11 is 0. The zero-order chi connectivity index (χ0) is 10.3. The molecule has 1 fully saturated rings. The molecule has 1 aliphatic carbocycles. The van der Waals surface area contributed by atoms with Crippen molar-refractivity contribution in [3.63, 3.8) is 0 Å². The Morgan fingerprint density at radius 2 is 1.93 bits per heavy atom. The average Bonchev–Trinajstić information content (AvgIpc) is 2.30. The van der Waals surface area contributed by atoms with E-state index < -0.39 is 0 Å². The van der Waals surface area contributed by atoms with E-state index in [0.717, 1.165) is 24.2 Å². The molecule has 0 unspecified atom stereocenters. The Morgan fingerprint density at radius 1 is 1.13 bits per heavy atom. The van der Waals surface area contributed by atoms with Crippen molar-refractivity contribution in [2.75, 3.05) is 0 Å². The van der Waals surface area contributed by atoms with Crippen LogP contribution in [-0.2, 0) is 0 Å². The summed E-state index contributed by atoms with van der Waals surface area (Å²) < 4.78 is 5.89. The van der Waals surface area contributed by atoms with Crippen molar-refractivity contribution in [3.05, 3.63) is 29.8 Å². The zero-order valence-electron chi connectivity index (χ0n) is 8.61. The average molecular weight is 202 g/mol. The summed E-state index contributed by atoms with van der Waals surface area (Å²) in [7, 11) is 0. The topological polar surface area (TPSA) is 26.3 Å². The number of para-hydroxylation sites is 1. The number of carbonyl (C=O) groups excluding carboxylic acids is 1. The maximum absolute atomic E-state index is 12.2. The number of Topliss-reactive ketones (excluding diaryl/α,β-unsaturated/α-hetero) is 1. The van der Waals surface area contributed by atoms with Gasteiger partial charge in [0.15, 0.2) is 5.78 Å². The number of ketones is 1. The molecule has 2 nitrogen and oxygen atoms in total. The molecule has 0 bridgehead atoms. The molecule has 2 heteroatoms. The second-order valence-electron chi connectivity index (χ2n) is 4.41. The van der Waals surface area contributed by atoms with Crippen LogP contribution in [-0.4, -0.2) is 11.9 Å².